The highest BCUT2D eigenvalue weighted by Gasteiger charge is 2.23. The van der Waals surface area contributed by atoms with Crippen LogP contribution in [0.15, 0.2) is 18.2 Å². The maximum absolute atomic E-state index is 12.2. The van der Waals surface area contributed by atoms with Gasteiger partial charge in [0.15, 0.2) is 6.61 Å². The molecule has 1 N–H and O–H groups in total. The van der Waals surface area contributed by atoms with E-state index in [9.17, 15) is 13.2 Å². The molecule has 2 rings (SSSR count). The molecule has 134 valence electrons. The lowest BCUT2D eigenvalue weighted by molar-refractivity contribution is -0.122. The molecule has 6 nitrogen and oxygen atoms in total. The van der Waals surface area contributed by atoms with E-state index in [1.165, 1.54) is 4.31 Å². The lowest BCUT2D eigenvalue weighted by Gasteiger charge is -2.25. The maximum Gasteiger partial charge on any atom is 0.257 e. The average molecular weight is 354 g/mol. The Morgan fingerprint density at radius 2 is 1.88 bits per heavy atom. The van der Waals surface area contributed by atoms with Crippen molar-refractivity contribution in [1.82, 2.24) is 9.62 Å². The normalized spacial score (nSPS) is 15.9. The van der Waals surface area contributed by atoms with Crippen LogP contribution in [-0.4, -0.2) is 50.6 Å². The summed E-state index contributed by atoms with van der Waals surface area (Å²) in [6.45, 7) is 5.15. The van der Waals surface area contributed by atoms with Crippen LogP contribution in [0.5, 0.6) is 5.75 Å². The minimum absolute atomic E-state index is 0.0671. The van der Waals surface area contributed by atoms with Gasteiger partial charge in [-0.2, -0.15) is 0 Å². The molecule has 7 heteroatoms. The van der Waals surface area contributed by atoms with E-state index >= 15 is 0 Å². The first-order valence-corrected chi connectivity index (χ1v) is 9.94. The smallest absolute Gasteiger partial charge is 0.257 e. The lowest BCUT2D eigenvalue weighted by Crippen LogP contribution is -2.41. The van der Waals surface area contributed by atoms with Crippen LogP contribution >= 0.6 is 0 Å². The molecule has 1 aliphatic heterocycles. The topological polar surface area (TPSA) is 75.7 Å². The Bertz CT molecular complexity index is 667. The van der Waals surface area contributed by atoms with Gasteiger partial charge < -0.3 is 10.1 Å². The minimum Gasteiger partial charge on any atom is -0.484 e. The van der Waals surface area contributed by atoms with E-state index in [1.54, 1.807) is 0 Å². The average Bonchev–Trinajstić information content (AvgIpc) is 2.56. The van der Waals surface area contributed by atoms with Gasteiger partial charge >= 0.3 is 0 Å². The predicted octanol–water partition coefficient (Wildman–Crippen LogP) is 1.61. The Morgan fingerprint density at radius 3 is 2.54 bits per heavy atom. The number of benzene rings is 1. The molecule has 0 spiro atoms. The highest BCUT2D eigenvalue weighted by molar-refractivity contribution is 7.89. The number of aryl methyl sites for hydroxylation is 2. The van der Waals surface area contributed by atoms with Crippen molar-refractivity contribution in [2.75, 3.05) is 32.0 Å². The second-order valence-corrected chi connectivity index (χ2v) is 8.25. The Morgan fingerprint density at radius 1 is 1.17 bits per heavy atom. The van der Waals surface area contributed by atoms with E-state index in [1.807, 2.05) is 32.0 Å². The molecule has 0 atom stereocenters. The van der Waals surface area contributed by atoms with Crippen molar-refractivity contribution in [2.45, 2.75) is 33.1 Å². The summed E-state index contributed by atoms with van der Waals surface area (Å²) in [4.78, 5) is 11.8. The number of sulfonamides is 1. The molecule has 0 unspecified atom stereocenters. The van der Waals surface area contributed by atoms with Crippen LogP contribution in [0.1, 0.15) is 30.4 Å². The van der Waals surface area contributed by atoms with Gasteiger partial charge in [-0.1, -0.05) is 12.5 Å². The van der Waals surface area contributed by atoms with Gasteiger partial charge in [-0.05, 0) is 49.9 Å². The van der Waals surface area contributed by atoms with Crippen molar-refractivity contribution < 1.29 is 17.9 Å². The summed E-state index contributed by atoms with van der Waals surface area (Å²) in [5.41, 5.74) is 2.26. The summed E-state index contributed by atoms with van der Waals surface area (Å²) in [6, 6.07) is 5.63. The Labute approximate surface area is 144 Å². The van der Waals surface area contributed by atoms with Crippen LogP contribution in [-0.2, 0) is 14.8 Å². The monoisotopic (exact) mass is 354 g/mol. The van der Waals surface area contributed by atoms with Crippen LogP contribution < -0.4 is 10.1 Å². The fourth-order valence-electron chi connectivity index (χ4n) is 2.60. The van der Waals surface area contributed by atoms with E-state index in [4.69, 9.17) is 4.74 Å². The maximum atomic E-state index is 12.2. The Kier molecular flexibility index (Phi) is 6.62. The van der Waals surface area contributed by atoms with Gasteiger partial charge in [-0.25, -0.2) is 12.7 Å². The molecule has 1 aliphatic rings. The molecule has 1 aromatic carbocycles. The molecule has 0 aliphatic carbocycles. The molecule has 1 heterocycles. The number of rotatable bonds is 7. The number of carbonyl (C=O) groups is 1. The molecule has 24 heavy (non-hydrogen) atoms. The third-order valence-corrected chi connectivity index (χ3v) is 6.11. The number of piperidine rings is 1. The molecule has 0 radical (unpaired) electrons. The van der Waals surface area contributed by atoms with Crippen molar-refractivity contribution >= 4 is 15.9 Å². The number of hydrogen-bond acceptors (Lipinski definition) is 4. The van der Waals surface area contributed by atoms with E-state index in [0.29, 0.717) is 18.8 Å². The SMILES string of the molecule is Cc1ccc(OCC(=O)NCCS(=O)(=O)N2CCCCC2)cc1C. The van der Waals surface area contributed by atoms with Gasteiger partial charge in [0, 0.05) is 19.6 Å². The summed E-state index contributed by atoms with van der Waals surface area (Å²) in [5, 5.41) is 2.60. The summed E-state index contributed by atoms with van der Waals surface area (Å²) < 4.78 is 31.3. The fourth-order valence-corrected chi connectivity index (χ4v) is 4.03. The number of hydrogen-bond donors (Lipinski definition) is 1. The first-order chi connectivity index (χ1) is 11.4. The zero-order valence-electron chi connectivity index (χ0n) is 14.4. The molecular weight excluding hydrogens is 328 g/mol. The largest absolute Gasteiger partial charge is 0.484 e. The van der Waals surface area contributed by atoms with Crippen molar-refractivity contribution in [1.29, 1.82) is 0 Å². The summed E-state index contributed by atoms with van der Waals surface area (Å²) in [7, 11) is -3.28. The zero-order chi connectivity index (χ0) is 17.6. The van der Waals surface area contributed by atoms with Gasteiger partial charge in [0.2, 0.25) is 10.0 Å². The van der Waals surface area contributed by atoms with Crippen molar-refractivity contribution in [3.05, 3.63) is 29.3 Å². The number of nitrogens with one attached hydrogen (secondary N) is 1. The van der Waals surface area contributed by atoms with E-state index < -0.39 is 10.0 Å². The van der Waals surface area contributed by atoms with E-state index in [-0.39, 0.29) is 24.8 Å². The van der Waals surface area contributed by atoms with Gasteiger partial charge in [-0.3, -0.25) is 4.79 Å². The molecule has 0 bridgehead atoms. The number of carbonyl (C=O) groups excluding carboxylic acids is 1. The molecule has 0 aromatic heterocycles. The van der Waals surface area contributed by atoms with Crippen LogP contribution in [0, 0.1) is 13.8 Å². The number of ether oxygens (including phenoxy) is 1. The molecule has 0 saturated carbocycles. The molecule has 1 saturated heterocycles. The fraction of sp³-hybridized carbons (Fsp3) is 0.588. The molecule has 1 amide bonds. The van der Waals surface area contributed by atoms with Crippen molar-refractivity contribution in [2.24, 2.45) is 0 Å². The van der Waals surface area contributed by atoms with E-state index in [2.05, 4.69) is 5.32 Å². The van der Waals surface area contributed by atoms with Gasteiger partial charge in [0.1, 0.15) is 5.75 Å². The second kappa shape index (κ2) is 8.48. The Balaban J connectivity index is 1.71. The van der Waals surface area contributed by atoms with Crippen LogP contribution in [0.4, 0.5) is 0 Å². The number of amides is 1. The summed E-state index contributed by atoms with van der Waals surface area (Å²) >= 11 is 0. The molecule has 1 aromatic rings. The lowest BCUT2D eigenvalue weighted by atomic mass is 10.1. The number of nitrogens with zero attached hydrogens (tertiary/aromatic N) is 1. The van der Waals surface area contributed by atoms with Gasteiger partial charge in [0.05, 0.1) is 5.75 Å². The summed E-state index contributed by atoms with van der Waals surface area (Å²) in [6.07, 6.45) is 2.91. The zero-order valence-corrected chi connectivity index (χ0v) is 15.2. The third kappa shape index (κ3) is 5.49. The summed E-state index contributed by atoms with van der Waals surface area (Å²) in [5.74, 6) is 0.249. The molecule has 1 fully saturated rings. The van der Waals surface area contributed by atoms with Gasteiger partial charge in [-0.15, -0.1) is 0 Å². The first kappa shape index (κ1) is 18.7. The van der Waals surface area contributed by atoms with Crippen molar-refractivity contribution in [3.63, 3.8) is 0 Å². The predicted molar refractivity (Wildman–Crippen MR) is 93.6 cm³/mol. The van der Waals surface area contributed by atoms with Gasteiger partial charge in [0.25, 0.3) is 5.91 Å². The second-order valence-electron chi connectivity index (χ2n) is 6.16. The quantitative estimate of drug-likeness (QED) is 0.807. The molecular formula is C17H26N2O4S. The third-order valence-electron chi connectivity index (χ3n) is 4.24. The highest BCUT2D eigenvalue weighted by atomic mass is 32.2. The van der Waals surface area contributed by atoms with Crippen LogP contribution in [0.2, 0.25) is 0 Å². The first-order valence-electron chi connectivity index (χ1n) is 8.33. The minimum atomic E-state index is -3.28. The Hall–Kier alpha value is -1.60. The standard InChI is InChI=1S/C17H26N2O4S/c1-14-6-7-16(12-15(14)2)23-13-17(20)18-8-11-24(21,22)19-9-4-3-5-10-19/h6-7,12H,3-5,8-11,13H2,1-2H3,(H,18,20). The highest BCUT2D eigenvalue weighted by Crippen LogP contribution is 2.16. The van der Waals surface area contributed by atoms with Crippen molar-refractivity contribution in [3.8, 4) is 5.75 Å². The van der Waals surface area contributed by atoms with Crippen LogP contribution in [0.3, 0.4) is 0 Å². The van der Waals surface area contributed by atoms with Crippen LogP contribution in [0.25, 0.3) is 0 Å². The van der Waals surface area contributed by atoms with E-state index in [0.717, 1.165) is 30.4 Å².